The predicted octanol–water partition coefficient (Wildman–Crippen LogP) is 12.5. The Morgan fingerprint density at radius 1 is 0.744 bits per heavy atom. The second-order valence-electron chi connectivity index (χ2n) is 12.8. The molecule has 43 heavy (non-hydrogen) atoms. The maximum atomic E-state index is 15.4. The zero-order chi connectivity index (χ0) is 30.2. The molecule has 0 N–H and O–H groups in total. The fourth-order valence-electron chi connectivity index (χ4n) is 7.34. The molecule has 0 nitrogen and oxygen atoms in total. The lowest BCUT2D eigenvalue weighted by Crippen LogP contribution is -2.23. The van der Waals surface area contributed by atoms with Gasteiger partial charge >= 0.3 is 0 Å². The lowest BCUT2D eigenvalue weighted by atomic mass is 9.70. The van der Waals surface area contributed by atoms with Crippen LogP contribution >= 0.6 is 0 Å². The van der Waals surface area contributed by atoms with Crippen LogP contribution in [-0.2, 0) is 6.42 Å². The van der Waals surface area contributed by atoms with Gasteiger partial charge in [0.05, 0.1) is 0 Å². The Bertz CT molecular complexity index is 1410. The summed E-state index contributed by atoms with van der Waals surface area (Å²) in [6.07, 6.45) is 21.3. The van der Waals surface area contributed by atoms with Gasteiger partial charge in [-0.2, -0.15) is 0 Å². The zero-order valence-electron chi connectivity index (χ0n) is 26.0. The average Bonchev–Trinajstić information content (AvgIpc) is 3.04. The summed E-state index contributed by atoms with van der Waals surface area (Å²) >= 11 is 0. The summed E-state index contributed by atoms with van der Waals surface area (Å²) in [7, 11) is 0. The number of hydrogen-bond acceptors (Lipinski definition) is 0. The van der Waals surface area contributed by atoms with Crippen LogP contribution in [0.25, 0.3) is 27.8 Å². The van der Waals surface area contributed by atoms with Gasteiger partial charge in [0.2, 0.25) is 0 Å². The largest absolute Gasteiger partial charge is 0.206 e. The van der Waals surface area contributed by atoms with Gasteiger partial charge in [-0.05, 0) is 116 Å². The van der Waals surface area contributed by atoms with Crippen molar-refractivity contribution in [3.05, 3.63) is 101 Å². The van der Waals surface area contributed by atoms with Crippen LogP contribution in [0, 0.1) is 35.2 Å². The third kappa shape index (κ3) is 7.72. The first-order chi connectivity index (χ1) is 21.0. The molecule has 0 radical (unpaired) electrons. The Hall–Kier alpha value is -3.07. The topological polar surface area (TPSA) is 0 Å². The second kappa shape index (κ2) is 15.1. The number of halogens is 3. The number of allylic oxidation sites excluding steroid dienone is 4. The molecular formula is C40H47F3. The van der Waals surface area contributed by atoms with E-state index in [2.05, 4.69) is 32.1 Å². The molecule has 3 aromatic carbocycles. The summed E-state index contributed by atoms with van der Waals surface area (Å²) in [5.74, 6) is 0.701. The molecule has 0 heterocycles. The second-order valence-corrected chi connectivity index (χ2v) is 12.8. The molecule has 1 atom stereocenters. The van der Waals surface area contributed by atoms with Gasteiger partial charge in [0.15, 0.2) is 11.6 Å². The third-order valence-electron chi connectivity index (χ3n) is 10.0. The summed E-state index contributed by atoms with van der Waals surface area (Å²) in [4.78, 5) is 0. The van der Waals surface area contributed by atoms with Gasteiger partial charge in [-0.3, -0.25) is 0 Å². The van der Waals surface area contributed by atoms with E-state index in [4.69, 9.17) is 0 Å². The van der Waals surface area contributed by atoms with E-state index in [0.717, 1.165) is 73.0 Å². The summed E-state index contributed by atoms with van der Waals surface area (Å²) in [6, 6.07) is 16.1. The molecule has 2 aliphatic carbocycles. The molecule has 1 saturated carbocycles. The van der Waals surface area contributed by atoms with E-state index in [1.165, 1.54) is 38.5 Å². The summed E-state index contributed by atoms with van der Waals surface area (Å²) in [5, 5.41) is 0. The Kier molecular flexibility index (Phi) is 11.0. The van der Waals surface area contributed by atoms with Crippen molar-refractivity contribution in [3.63, 3.8) is 0 Å². The van der Waals surface area contributed by atoms with Crippen molar-refractivity contribution in [2.45, 2.75) is 97.3 Å². The molecule has 1 fully saturated rings. The van der Waals surface area contributed by atoms with Gasteiger partial charge in [-0.25, -0.2) is 13.2 Å². The highest BCUT2D eigenvalue weighted by Gasteiger charge is 2.29. The van der Waals surface area contributed by atoms with Crippen LogP contribution in [0.15, 0.2) is 72.8 Å². The van der Waals surface area contributed by atoms with Crippen LogP contribution in [0.5, 0.6) is 0 Å². The van der Waals surface area contributed by atoms with Crippen molar-refractivity contribution in [3.8, 4) is 22.3 Å². The lowest BCUT2D eigenvalue weighted by molar-refractivity contribution is 0.190. The zero-order valence-corrected chi connectivity index (χ0v) is 26.0. The molecule has 0 bridgehead atoms. The van der Waals surface area contributed by atoms with E-state index >= 15 is 4.39 Å². The van der Waals surface area contributed by atoms with Crippen LogP contribution in [0.2, 0.25) is 0 Å². The smallest absolute Gasteiger partial charge is 0.166 e. The molecule has 0 spiro atoms. The Labute approximate surface area is 257 Å². The molecule has 1 unspecified atom stereocenters. The molecule has 0 amide bonds. The summed E-state index contributed by atoms with van der Waals surface area (Å²) in [6.45, 7) is 4.19. The first-order valence-corrected chi connectivity index (χ1v) is 16.7. The Morgan fingerprint density at radius 3 is 2.14 bits per heavy atom. The minimum atomic E-state index is -0.798. The van der Waals surface area contributed by atoms with Gasteiger partial charge < -0.3 is 0 Å². The quantitative estimate of drug-likeness (QED) is 0.155. The van der Waals surface area contributed by atoms with Gasteiger partial charge in [-0.15, -0.1) is 0 Å². The molecule has 0 saturated heterocycles. The van der Waals surface area contributed by atoms with Gasteiger partial charge in [0.1, 0.15) is 5.82 Å². The molecule has 3 heteroatoms. The van der Waals surface area contributed by atoms with Crippen molar-refractivity contribution in [2.75, 3.05) is 0 Å². The van der Waals surface area contributed by atoms with E-state index in [1.54, 1.807) is 30.3 Å². The number of aryl methyl sites for hydroxylation is 1. The predicted molar refractivity (Wildman–Crippen MR) is 175 cm³/mol. The van der Waals surface area contributed by atoms with Crippen molar-refractivity contribution in [2.24, 2.45) is 17.8 Å². The van der Waals surface area contributed by atoms with E-state index < -0.39 is 11.6 Å². The number of unbranched alkanes of at least 4 members (excludes halogenated alkanes) is 2. The average molecular weight is 585 g/mol. The van der Waals surface area contributed by atoms with Crippen LogP contribution < -0.4 is 0 Å². The molecular weight excluding hydrogens is 537 g/mol. The summed E-state index contributed by atoms with van der Waals surface area (Å²) < 4.78 is 45.0. The molecule has 0 aromatic heterocycles. The highest BCUT2D eigenvalue weighted by molar-refractivity contribution is 5.74. The van der Waals surface area contributed by atoms with Crippen LogP contribution in [-0.4, -0.2) is 0 Å². The normalized spacial score (nSPS) is 20.9. The maximum absolute atomic E-state index is 15.4. The molecule has 2 aliphatic rings. The molecule has 0 aliphatic heterocycles. The minimum Gasteiger partial charge on any atom is -0.206 e. The fraction of sp³-hybridized carbons (Fsp3) is 0.450. The van der Waals surface area contributed by atoms with E-state index in [-0.39, 0.29) is 11.4 Å². The monoisotopic (exact) mass is 584 g/mol. The SMILES string of the molecule is CC=CCCC1CCC(C2CC=C(c3ccc(-c4ccc(-c5ccc(CCCCC)c(F)c5F)cc4)cc3F)CC2)CC1. The van der Waals surface area contributed by atoms with Crippen LogP contribution in [0.3, 0.4) is 0 Å². The van der Waals surface area contributed by atoms with Gasteiger partial charge in [0.25, 0.3) is 0 Å². The first kappa shape index (κ1) is 31.4. The van der Waals surface area contributed by atoms with Gasteiger partial charge in [-0.1, -0.05) is 99.4 Å². The number of rotatable bonds is 11. The van der Waals surface area contributed by atoms with E-state index in [1.807, 2.05) is 24.3 Å². The minimum absolute atomic E-state index is 0.195. The third-order valence-corrected chi connectivity index (χ3v) is 10.0. The van der Waals surface area contributed by atoms with Crippen molar-refractivity contribution in [1.29, 1.82) is 0 Å². The van der Waals surface area contributed by atoms with Gasteiger partial charge in [0, 0.05) is 11.1 Å². The van der Waals surface area contributed by atoms with Crippen LogP contribution in [0.4, 0.5) is 13.2 Å². The van der Waals surface area contributed by atoms with Crippen molar-refractivity contribution in [1.82, 2.24) is 0 Å². The standard InChI is InChI=1S/C40H47F3/c1-3-5-7-9-28-11-13-29(14-12-28)30-15-19-32(20-16-30)36-25-24-35(27-38(36)41)31-17-21-33(22-18-31)37-26-23-34(10-8-6-4-2)39(42)40(37)43/h3,5,17-19,21-30H,4,6-16,20H2,1-2H3. The number of hydrogen-bond donors (Lipinski definition) is 0. The molecule has 228 valence electrons. The lowest BCUT2D eigenvalue weighted by Gasteiger charge is -2.35. The summed E-state index contributed by atoms with van der Waals surface area (Å²) in [5.41, 5.74) is 4.78. The molecule has 3 aromatic rings. The number of benzene rings is 3. The first-order valence-electron chi connectivity index (χ1n) is 16.7. The van der Waals surface area contributed by atoms with E-state index in [0.29, 0.717) is 23.1 Å². The Morgan fingerprint density at radius 2 is 1.47 bits per heavy atom. The fourth-order valence-corrected chi connectivity index (χ4v) is 7.34. The van der Waals surface area contributed by atoms with Crippen molar-refractivity contribution >= 4 is 5.57 Å². The highest BCUT2D eigenvalue weighted by atomic mass is 19.2. The Balaban J connectivity index is 1.20. The maximum Gasteiger partial charge on any atom is 0.166 e. The van der Waals surface area contributed by atoms with E-state index in [9.17, 15) is 8.78 Å². The van der Waals surface area contributed by atoms with Crippen molar-refractivity contribution < 1.29 is 13.2 Å². The van der Waals surface area contributed by atoms with Crippen LogP contribution in [0.1, 0.15) is 102 Å². The highest BCUT2D eigenvalue weighted by Crippen LogP contribution is 2.42. The molecule has 5 rings (SSSR count).